The van der Waals surface area contributed by atoms with Crippen LogP contribution in [-0.4, -0.2) is 37.8 Å². The lowest BCUT2D eigenvalue weighted by Gasteiger charge is -2.23. The molecule has 0 fully saturated rings. The van der Waals surface area contributed by atoms with E-state index in [1.165, 1.54) is 30.1 Å². The molecular formula is C23H21ClN4O3S. The van der Waals surface area contributed by atoms with Gasteiger partial charge in [0.1, 0.15) is 0 Å². The van der Waals surface area contributed by atoms with Gasteiger partial charge in [0, 0.05) is 43.1 Å². The molecule has 0 saturated carbocycles. The molecule has 0 N–H and O–H groups in total. The fraction of sp³-hybridized carbons (Fsp3) is 0.174. The lowest BCUT2D eigenvalue weighted by Crippen LogP contribution is -2.32. The van der Waals surface area contributed by atoms with Gasteiger partial charge in [-0.3, -0.25) is 14.1 Å². The van der Waals surface area contributed by atoms with Crippen LogP contribution in [0.3, 0.4) is 0 Å². The molecule has 0 spiro atoms. The number of rotatable bonds is 8. The second kappa shape index (κ2) is 10.3. The van der Waals surface area contributed by atoms with Crippen molar-refractivity contribution in [3.05, 3.63) is 89.2 Å². The molecule has 0 saturated heterocycles. The predicted octanol–water partition coefficient (Wildman–Crippen LogP) is 4.12. The molecule has 7 nitrogen and oxygen atoms in total. The number of pyridine rings is 1. The maximum atomic E-state index is 13.2. The van der Waals surface area contributed by atoms with Crippen LogP contribution in [-0.2, 0) is 16.6 Å². The Morgan fingerprint density at radius 3 is 2.59 bits per heavy atom. The van der Waals surface area contributed by atoms with Crippen LogP contribution in [0.4, 0.5) is 5.69 Å². The third-order valence-corrected chi connectivity index (χ3v) is 6.80. The van der Waals surface area contributed by atoms with E-state index in [1.54, 1.807) is 48.8 Å². The minimum Gasteiger partial charge on any atom is -0.333 e. The van der Waals surface area contributed by atoms with Crippen LogP contribution in [0.15, 0.2) is 78.0 Å². The molecule has 1 heterocycles. The van der Waals surface area contributed by atoms with E-state index in [0.29, 0.717) is 10.7 Å². The Morgan fingerprint density at radius 2 is 1.91 bits per heavy atom. The van der Waals surface area contributed by atoms with E-state index >= 15 is 0 Å². The summed E-state index contributed by atoms with van der Waals surface area (Å²) in [6, 6.07) is 18.0. The van der Waals surface area contributed by atoms with Crippen molar-refractivity contribution in [1.29, 1.82) is 5.26 Å². The number of carbonyl (C=O) groups is 1. The fourth-order valence-electron chi connectivity index (χ4n) is 3.09. The zero-order valence-corrected chi connectivity index (χ0v) is 18.9. The number of nitrogens with zero attached hydrogens (tertiary/aromatic N) is 4. The van der Waals surface area contributed by atoms with Crippen molar-refractivity contribution < 1.29 is 13.2 Å². The van der Waals surface area contributed by atoms with Crippen LogP contribution in [0.25, 0.3) is 0 Å². The smallest absolute Gasteiger partial charge is 0.264 e. The summed E-state index contributed by atoms with van der Waals surface area (Å²) >= 11 is 6.00. The number of sulfonamides is 1. The van der Waals surface area contributed by atoms with Gasteiger partial charge >= 0.3 is 0 Å². The number of benzene rings is 2. The van der Waals surface area contributed by atoms with E-state index in [9.17, 15) is 13.2 Å². The molecule has 0 unspecified atom stereocenters. The highest BCUT2D eigenvalue weighted by molar-refractivity contribution is 7.92. The molecule has 3 aromatic rings. The molecule has 1 amide bonds. The second-order valence-electron chi connectivity index (χ2n) is 6.98. The molecule has 9 heteroatoms. The van der Waals surface area contributed by atoms with Crippen molar-refractivity contribution in [3.63, 3.8) is 0 Å². The van der Waals surface area contributed by atoms with Crippen molar-refractivity contribution in [1.82, 2.24) is 9.88 Å². The van der Waals surface area contributed by atoms with Crippen molar-refractivity contribution >= 4 is 33.2 Å². The average molecular weight is 469 g/mol. The largest absolute Gasteiger partial charge is 0.333 e. The summed E-state index contributed by atoms with van der Waals surface area (Å²) in [4.78, 5) is 18.7. The van der Waals surface area contributed by atoms with Gasteiger partial charge in [-0.2, -0.15) is 5.26 Å². The Morgan fingerprint density at radius 1 is 1.12 bits per heavy atom. The molecule has 3 rings (SSSR count). The van der Waals surface area contributed by atoms with Gasteiger partial charge in [-0.1, -0.05) is 29.8 Å². The van der Waals surface area contributed by atoms with Crippen LogP contribution >= 0.6 is 11.6 Å². The highest BCUT2D eigenvalue weighted by Crippen LogP contribution is 2.25. The predicted molar refractivity (Wildman–Crippen MR) is 123 cm³/mol. The van der Waals surface area contributed by atoms with E-state index in [1.807, 2.05) is 12.1 Å². The Labute approximate surface area is 192 Å². The number of aromatic nitrogens is 1. The molecule has 0 aliphatic rings. The minimum atomic E-state index is -3.92. The van der Waals surface area contributed by atoms with E-state index in [-0.39, 0.29) is 35.9 Å². The minimum absolute atomic E-state index is 0.0209. The highest BCUT2D eigenvalue weighted by Gasteiger charge is 2.24. The molecular weight excluding hydrogens is 448 g/mol. The zero-order chi connectivity index (χ0) is 23.1. The van der Waals surface area contributed by atoms with Crippen LogP contribution in [0.2, 0.25) is 5.02 Å². The van der Waals surface area contributed by atoms with E-state index in [2.05, 4.69) is 4.98 Å². The van der Waals surface area contributed by atoms with E-state index in [4.69, 9.17) is 16.9 Å². The number of carbonyl (C=O) groups excluding carboxylic acids is 1. The lowest BCUT2D eigenvalue weighted by atomic mass is 10.1. The van der Waals surface area contributed by atoms with Gasteiger partial charge in [-0.15, -0.1) is 0 Å². The van der Waals surface area contributed by atoms with Crippen molar-refractivity contribution in [2.45, 2.75) is 17.9 Å². The first-order valence-electron chi connectivity index (χ1n) is 9.72. The molecule has 0 aliphatic heterocycles. The molecule has 2 aromatic carbocycles. The third kappa shape index (κ3) is 5.44. The topological polar surface area (TPSA) is 94.4 Å². The van der Waals surface area contributed by atoms with E-state index < -0.39 is 10.0 Å². The summed E-state index contributed by atoms with van der Waals surface area (Å²) in [6.07, 6.45) is 3.44. The quantitative estimate of drug-likeness (QED) is 0.495. The maximum absolute atomic E-state index is 13.2. The Hall–Kier alpha value is -3.41. The molecule has 0 aliphatic carbocycles. The van der Waals surface area contributed by atoms with Crippen LogP contribution in [0, 0.1) is 11.3 Å². The molecule has 32 heavy (non-hydrogen) atoms. The van der Waals surface area contributed by atoms with Gasteiger partial charge < -0.3 is 4.90 Å². The fourth-order valence-corrected chi connectivity index (χ4v) is 4.51. The number of nitriles is 1. The highest BCUT2D eigenvalue weighted by atomic mass is 35.5. The van der Waals surface area contributed by atoms with Gasteiger partial charge in [0.25, 0.3) is 15.9 Å². The molecule has 1 aromatic heterocycles. The lowest BCUT2D eigenvalue weighted by molar-refractivity contribution is 0.0746. The zero-order valence-electron chi connectivity index (χ0n) is 17.3. The number of hydrogen-bond acceptors (Lipinski definition) is 5. The Bertz CT molecular complexity index is 1240. The molecule has 0 radical (unpaired) electrons. The maximum Gasteiger partial charge on any atom is 0.264 e. The van der Waals surface area contributed by atoms with Crippen molar-refractivity contribution in [3.8, 4) is 6.07 Å². The van der Waals surface area contributed by atoms with Gasteiger partial charge in [-0.05, 0) is 48.0 Å². The van der Waals surface area contributed by atoms with Crippen molar-refractivity contribution in [2.24, 2.45) is 0 Å². The third-order valence-electron chi connectivity index (χ3n) is 4.79. The average Bonchev–Trinajstić information content (AvgIpc) is 2.81. The number of hydrogen-bond donors (Lipinski definition) is 0. The Balaban J connectivity index is 1.90. The summed E-state index contributed by atoms with van der Waals surface area (Å²) in [5, 5.41) is 9.39. The standard InChI is InChI=1S/C23H21ClN4O3S/c1-27(21-9-3-8-20(24)15-21)32(30,31)22-10-2-7-19(14-22)23(29)28(13-5-11-25)17-18-6-4-12-26-16-18/h2-4,6-10,12,14-16H,5,13,17H2,1H3. The molecule has 0 atom stereocenters. The summed E-state index contributed by atoms with van der Waals surface area (Å²) in [5.41, 5.74) is 1.43. The monoisotopic (exact) mass is 468 g/mol. The normalized spacial score (nSPS) is 10.9. The Kier molecular flexibility index (Phi) is 7.46. The first kappa shape index (κ1) is 23.3. The van der Waals surface area contributed by atoms with Gasteiger partial charge in [0.15, 0.2) is 0 Å². The van der Waals surface area contributed by atoms with Gasteiger partial charge in [0.05, 0.1) is 23.1 Å². The SMILES string of the molecule is CN(c1cccc(Cl)c1)S(=O)(=O)c1cccc(C(=O)N(CCC#N)Cc2cccnc2)c1. The summed E-state index contributed by atoms with van der Waals surface area (Å²) < 4.78 is 27.4. The van der Waals surface area contributed by atoms with Crippen LogP contribution in [0.1, 0.15) is 22.3 Å². The number of halogens is 1. The molecule has 0 bridgehead atoms. The molecule has 164 valence electrons. The van der Waals surface area contributed by atoms with Gasteiger partial charge in [0.2, 0.25) is 0 Å². The summed E-state index contributed by atoms with van der Waals surface area (Å²) in [5.74, 6) is -0.369. The second-order valence-corrected chi connectivity index (χ2v) is 9.38. The van der Waals surface area contributed by atoms with Crippen LogP contribution < -0.4 is 4.31 Å². The number of amides is 1. The van der Waals surface area contributed by atoms with Gasteiger partial charge in [-0.25, -0.2) is 8.42 Å². The summed E-state index contributed by atoms with van der Waals surface area (Å²) in [7, 11) is -2.50. The van der Waals surface area contributed by atoms with Crippen molar-refractivity contribution in [2.75, 3.05) is 17.9 Å². The first-order chi connectivity index (χ1) is 15.3. The van der Waals surface area contributed by atoms with E-state index in [0.717, 1.165) is 9.87 Å². The summed E-state index contributed by atoms with van der Waals surface area (Å²) in [6.45, 7) is 0.470. The first-order valence-corrected chi connectivity index (χ1v) is 11.5. The number of anilines is 1. The van der Waals surface area contributed by atoms with Crippen LogP contribution in [0.5, 0.6) is 0 Å².